The Bertz CT molecular complexity index is 1430. The fourth-order valence-corrected chi connectivity index (χ4v) is 4.92. The molecule has 4 aromatic rings. The molecule has 0 aliphatic rings. The summed E-state index contributed by atoms with van der Waals surface area (Å²) in [6, 6.07) is 14.9. The molecule has 4 rings (SSSR count). The van der Waals surface area contributed by atoms with Crippen LogP contribution in [-0.4, -0.2) is 48.6 Å². The van der Waals surface area contributed by atoms with Gasteiger partial charge in [-0.1, -0.05) is 30.3 Å². The summed E-state index contributed by atoms with van der Waals surface area (Å²) in [5.74, 6) is 0.706. The van der Waals surface area contributed by atoms with Crippen LogP contribution in [0.15, 0.2) is 54.7 Å². The third-order valence-corrected chi connectivity index (χ3v) is 6.83. The smallest absolute Gasteiger partial charge is 0.236 e. The zero-order chi connectivity index (χ0) is 20.8. The highest BCUT2D eigenvalue weighted by molar-refractivity contribution is 7.90. The Kier molecular flexibility index (Phi) is 4.74. The van der Waals surface area contributed by atoms with Gasteiger partial charge in [-0.15, -0.1) is 0 Å². The van der Waals surface area contributed by atoms with E-state index in [0.29, 0.717) is 24.3 Å². The van der Waals surface area contributed by atoms with E-state index in [1.54, 1.807) is 18.3 Å². The number of fused-ring (bicyclic) bond motifs is 2. The maximum absolute atomic E-state index is 12.2. The normalized spacial score (nSPS) is 12.8. The number of para-hydroxylation sites is 3. The van der Waals surface area contributed by atoms with Crippen LogP contribution in [0.4, 0.5) is 0 Å². The van der Waals surface area contributed by atoms with E-state index in [0.717, 1.165) is 22.0 Å². The van der Waals surface area contributed by atoms with Gasteiger partial charge in [0.25, 0.3) is 0 Å². The fraction of sp³-hybridized carbons (Fsp3) is 0.250. The van der Waals surface area contributed by atoms with Crippen LogP contribution in [0.5, 0.6) is 0 Å². The van der Waals surface area contributed by atoms with Gasteiger partial charge in [0.15, 0.2) is 0 Å². The van der Waals surface area contributed by atoms with Crippen LogP contribution < -0.4 is 0 Å². The maximum atomic E-state index is 12.2. The van der Waals surface area contributed by atoms with Crippen molar-refractivity contribution in [1.82, 2.24) is 13.5 Å². The lowest BCUT2D eigenvalue weighted by Crippen LogP contribution is -2.13. The van der Waals surface area contributed by atoms with Crippen molar-refractivity contribution in [3.05, 3.63) is 66.1 Å². The first kappa shape index (κ1) is 19.7. The number of aromatic nitrogens is 3. The monoisotopic (exact) mass is 431 g/mol. The van der Waals surface area contributed by atoms with Gasteiger partial charge in [0, 0.05) is 30.8 Å². The van der Waals surface area contributed by atoms with Crippen LogP contribution in [0.25, 0.3) is 21.9 Å². The summed E-state index contributed by atoms with van der Waals surface area (Å²) in [7, 11) is -6.60. The summed E-state index contributed by atoms with van der Waals surface area (Å²) in [4.78, 5) is 4.70. The lowest BCUT2D eigenvalue weighted by atomic mass is 10.1. The van der Waals surface area contributed by atoms with E-state index in [2.05, 4.69) is 0 Å². The number of hydrogen-bond acceptors (Lipinski definition) is 5. The summed E-state index contributed by atoms with van der Waals surface area (Å²) in [6.07, 6.45) is 4.40. The molecule has 0 spiro atoms. The second-order valence-corrected chi connectivity index (χ2v) is 11.3. The molecule has 2 aromatic heterocycles. The van der Waals surface area contributed by atoms with E-state index in [-0.39, 0.29) is 5.75 Å². The van der Waals surface area contributed by atoms with Gasteiger partial charge in [-0.2, -0.15) is 0 Å². The maximum Gasteiger partial charge on any atom is 0.236 e. The highest BCUT2D eigenvalue weighted by Crippen LogP contribution is 2.26. The Morgan fingerprint density at radius 3 is 2.24 bits per heavy atom. The van der Waals surface area contributed by atoms with Crippen molar-refractivity contribution in [3.63, 3.8) is 0 Å². The molecule has 0 radical (unpaired) electrons. The Morgan fingerprint density at radius 2 is 1.55 bits per heavy atom. The van der Waals surface area contributed by atoms with Crippen molar-refractivity contribution in [1.29, 1.82) is 0 Å². The van der Waals surface area contributed by atoms with Gasteiger partial charge in [0.1, 0.15) is 15.7 Å². The van der Waals surface area contributed by atoms with Crippen LogP contribution in [0.1, 0.15) is 11.4 Å². The number of sulfone groups is 1. The van der Waals surface area contributed by atoms with Crippen molar-refractivity contribution < 1.29 is 16.8 Å². The molecule has 0 bridgehead atoms. The van der Waals surface area contributed by atoms with E-state index >= 15 is 0 Å². The van der Waals surface area contributed by atoms with Crippen LogP contribution in [0, 0.1) is 0 Å². The molecular formula is C20H21N3O4S2. The van der Waals surface area contributed by atoms with Crippen LogP contribution >= 0.6 is 0 Å². The van der Waals surface area contributed by atoms with E-state index in [1.807, 2.05) is 41.0 Å². The lowest BCUT2D eigenvalue weighted by Gasteiger charge is -2.08. The first-order valence-corrected chi connectivity index (χ1v) is 13.0. The SMILES string of the molecule is CS(=O)(=O)CCn1c(Cc2cn(S(C)(=O)=O)c3ccccc23)nc2ccccc21. The fourth-order valence-electron chi connectivity index (χ4n) is 3.57. The average molecular weight is 432 g/mol. The van der Waals surface area contributed by atoms with E-state index in [4.69, 9.17) is 4.98 Å². The third kappa shape index (κ3) is 3.92. The number of imidazole rings is 1. The summed E-state index contributed by atoms with van der Waals surface area (Å²) in [6.45, 7) is 0.291. The minimum atomic E-state index is -3.46. The molecule has 2 heterocycles. The molecule has 0 saturated heterocycles. The molecule has 9 heteroatoms. The van der Waals surface area contributed by atoms with Crippen molar-refractivity contribution in [2.45, 2.75) is 13.0 Å². The second kappa shape index (κ2) is 7.00. The quantitative estimate of drug-likeness (QED) is 0.468. The zero-order valence-electron chi connectivity index (χ0n) is 16.1. The van der Waals surface area contributed by atoms with Gasteiger partial charge < -0.3 is 4.57 Å². The Labute approximate surface area is 169 Å². The molecule has 7 nitrogen and oxygen atoms in total. The number of hydrogen-bond donors (Lipinski definition) is 0. The van der Waals surface area contributed by atoms with Gasteiger partial charge in [-0.05, 0) is 23.8 Å². The van der Waals surface area contributed by atoms with Gasteiger partial charge in [0.05, 0.1) is 28.6 Å². The molecule has 0 fully saturated rings. The predicted octanol–water partition coefficient (Wildman–Crippen LogP) is 2.43. The highest BCUT2D eigenvalue weighted by atomic mass is 32.2. The molecular weight excluding hydrogens is 410 g/mol. The number of nitrogens with zero attached hydrogens (tertiary/aromatic N) is 3. The van der Waals surface area contributed by atoms with E-state index in [1.165, 1.54) is 16.5 Å². The molecule has 0 saturated carbocycles. The molecule has 0 aliphatic heterocycles. The van der Waals surface area contributed by atoms with Crippen molar-refractivity contribution in [3.8, 4) is 0 Å². The number of aryl methyl sites for hydroxylation is 1. The summed E-state index contributed by atoms with van der Waals surface area (Å²) in [5.41, 5.74) is 3.08. The minimum absolute atomic E-state index is 0.00541. The molecule has 0 aliphatic carbocycles. The van der Waals surface area contributed by atoms with Gasteiger partial charge >= 0.3 is 0 Å². The first-order valence-electron chi connectivity index (χ1n) is 9.05. The number of rotatable bonds is 6. The molecule has 152 valence electrons. The third-order valence-electron chi connectivity index (χ3n) is 4.89. The highest BCUT2D eigenvalue weighted by Gasteiger charge is 2.18. The topological polar surface area (TPSA) is 91.0 Å². The zero-order valence-corrected chi connectivity index (χ0v) is 17.7. The largest absolute Gasteiger partial charge is 0.327 e. The Morgan fingerprint density at radius 1 is 0.897 bits per heavy atom. The average Bonchev–Trinajstić information content (AvgIpc) is 3.18. The summed E-state index contributed by atoms with van der Waals surface area (Å²) >= 11 is 0. The standard InChI is InChI=1S/C20H21N3O4S2/c1-28(24,25)12-11-22-19-10-6-4-8-17(19)21-20(22)13-15-14-23(29(2,26)27)18-9-5-3-7-16(15)18/h3-10,14H,11-13H2,1-2H3. The van der Waals surface area contributed by atoms with Gasteiger partial charge in [-0.3, -0.25) is 0 Å². The minimum Gasteiger partial charge on any atom is -0.327 e. The number of benzene rings is 2. The molecule has 0 N–H and O–H groups in total. The Balaban J connectivity index is 1.85. The summed E-state index contributed by atoms with van der Waals surface area (Å²) in [5, 5.41) is 0.833. The molecule has 0 amide bonds. The van der Waals surface area contributed by atoms with E-state index in [9.17, 15) is 16.8 Å². The summed E-state index contributed by atoms with van der Waals surface area (Å²) < 4.78 is 51.0. The molecule has 0 unspecified atom stereocenters. The molecule has 2 aromatic carbocycles. The van der Waals surface area contributed by atoms with Gasteiger partial charge in [0.2, 0.25) is 10.0 Å². The van der Waals surface area contributed by atoms with E-state index < -0.39 is 19.9 Å². The van der Waals surface area contributed by atoms with Gasteiger partial charge in [-0.25, -0.2) is 25.8 Å². The van der Waals surface area contributed by atoms with Crippen LogP contribution in [-0.2, 0) is 32.8 Å². The van der Waals surface area contributed by atoms with Crippen LogP contribution in [0.2, 0.25) is 0 Å². The lowest BCUT2D eigenvalue weighted by molar-refractivity contribution is 0.592. The van der Waals surface area contributed by atoms with Crippen molar-refractivity contribution >= 4 is 41.8 Å². The second-order valence-electron chi connectivity index (χ2n) is 7.21. The predicted molar refractivity (Wildman–Crippen MR) is 114 cm³/mol. The van der Waals surface area contributed by atoms with Crippen molar-refractivity contribution in [2.24, 2.45) is 0 Å². The van der Waals surface area contributed by atoms with Crippen LogP contribution in [0.3, 0.4) is 0 Å². The molecule has 0 atom stereocenters. The Hall–Kier alpha value is -2.65. The molecule has 29 heavy (non-hydrogen) atoms. The first-order chi connectivity index (χ1) is 13.6. The van der Waals surface area contributed by atoms with Crippen molar-refractivity contribution in [2.75, 3.05) is 18.3 Å².